The van der Waals surface area contributed by atoms with Crippen LogP contribution in [0.25, 0.3) is 0 Å². The van der Waals surface area contributed by atoms with Crippen molar-refractivity contribution in [3.8, 4) is 0 Å². The fourth-order valence-corrected chi connectivity index (χ4v) is 2.13. The SMILES string of the molecule is CC(Nc1ccc(F)c(F)c1F)c1ccc(F)cc1Cl. The first-order valence-electron chi connectivity index (χ1n) is 5.75. The fraction of sp³-hybridized carbons (Fsp3) is 0.143. The number of hydrogen-bond donors (Lipinski definition) is 1. The first-order valence-corrected chi connectivity index (χ1v) is 6.13. The van der Waals surface area contributed by atoms with Gasteiger partial charge in [0.25, 0.3) is 0 Å². The van der Waals surface area contributed by atoms with Crippen LogP contribution in [0, 0.1) is 23.3 Å². The van der Waals surface area contributed by atoms with Crippen LogP contribution in [-0.2, 0) is 0 Å². The molecule has 0 aliphatic carbocycles. The van der Waals surface area contributed by atoms with Gasteiger partial charge in [-0.3, -0.25) is 0 Å². The van der Waals surface area contributed by atoms with Gasteiger partial charge in [0.05, 0.1) is 11.7 Å². The van der Waals surface area contributed by atoms with Crippen molar-refractivity contribution in [3.63, 3.8) is 0 Å². The first-order chi connectivity index (χ1) is 9.40. The van der Waals surface area contributed by atoms with Crippen molar-refractivity contribution in [2.45, 2.75) is 13.0 Å². The molecule has 2 rings (SSSR count). The fourth-order valence-electron chi connectivity index (χ4n) is 1.80. The van der Waals surface area contributed by atoms with E-state index in [0.29, 0.717) is 5.56 Å². The highest BCUT2D eigenvalue weighted by Crippen LogP contribution is 2.28. The second-order valence-electron chi connectivity index (χ2n) is 4.25. The topological polar surface area (TPSA) is 12.0 Å². The Kier molecular flexibility index (Phi) is 4.18. The van der Waals surface area contributed by atoms with Crippen molar-refractivity contribution in [3.05, 3.63) is 64.2 Å². The zero-order valence-corrected chi connectivity index (χ0v) is 11.1. The summed E-state index contributed by atoms with van der Waals surface area (Å²) in [6.07, 6.45) is 0. The van der Waals surface area contributed by atoms with Crippen LogP contribution in [0.3, 0.4) is 0 Å². The molecule has 1 atom stereocenters. The maximum absolute atomic E-state index is 13.5. The number of halogens is 5. The Hall–Kier alpha value is -1.75. The van der Waals surface area contributed by atoms with Gasteiger partial charge >= 0.3 is 0 Å². The molecule has 0 spiro atoms. The summed E-state index contributed by atoms with van der Waals surface area (Å²) in [7, 11) is 0. The number of nitrogens with one attached hydrogen (secondary N) is 1. The van der Waals surface area contributed by atoms with E-state index in [1.165, 1.54) is 12.1 Å². The van der Waals surface area contributed by atoms with Gasteiger partial charge in [0, 0.05) is 5.02 Å². The summed E-state index contributed by atoms with van der Waals surface area (Å²) in [5.41, 5.74) is 0.314. The molecule has 0 aliphatic rings. The van der Waals surface area contributed by atoms with Gasteiger partial charge < -0.3 is 5.32 Å². The average molecular weight is 304 g/mol. The Balaban J connectivity index is 2.28. The Morgan fingerprint density at radius 1 is 1.00 bits per heavy atom. The van der Waals surface area contributed by atoms with Crippen LogP contribution in [0.15, 0.2) is 30.3 Å². The van der Waals surface area contributed by atoms with E-state index in [9.17, 15) is 17.6 Å². The maximum Gasteiger partial charge on any atom is 0.196 e. The second kappa shape index (κ2) is 5.71. The van der Waals surface area contributed by atoms with Gasteiger partial charge in [-0.1, -0.05) is 17.7 Å². The number of rotatable bonds is 3. The predicted molar refractivity (Wildman–Crippen MR) is 69.8 cm³/mol. The van der Waals surface area contributed by atoms with Gasteiger partial charge in [-0.15, -0.1) is 0 Å². The van der Waals surface area contributed by atoms with Crippen molar-refractivity contribution in [1.82, 2.24) is 0 Å². The van der Waals surface area contributed by atoms with Crippen molar-refractivity contribution < 1.29 is 17.6 Å². The molecule has 6 heteroatoms. The Morgan fingerprint density at radius 2 is 1.70 bits per heavy atom. The van der Waals surface area contributed by atoms with Crippen molar-refractivity contribution in [1.29, 1.82) is 0 Å². The smallest absolute Gasteiger partial charge is 0.196 e. The van der Waals surface area contributed by atoms with Crippen LogP contribution < -0.4 is 5.32 Å². The van der Waals surface area contributed by atoms with Crippen molar-refractivity contribution in [2.75, 3.05) is 5.32 Å². The van der Waals surface area contributed by atoms with Gasteiger partial charge in [0.15, 0.2) is 17.5 Å². The molecule has 2 aromatic carbocycles. The van der Waals surface area contributed by atoms with Crippen LogP contribution in [0.1, 0.15) is 18.5 Å². The van der Waals surface area contributed by atoms with Crippen LogP contribution in [0.2, 0.25) is 5.02 Å². The summed E-state index contributed by atoms with van der Waals surface area (Å²) in [6.45, 7) is 1.64. The molecule has 1 N–H and O–H groups in total. The molecule has 1 unspecified atom stereocenters. The minimum Gasteiger partial charge on any atom is -0.376 e. The van der Waals surface area contributed by atoms with Crippen LogP contribution >= 0.6 is 11.6 Å². The Morgan fingerprint density at radius 3 is 2.35 bits per heavy atom. The number of benzene rings is 2. The molecular weight excluding hydrogens is 294 g/mol. The lowest BCUT2D eigenvalue weighted by Crippen LogP contribution is -2.10. The van der Waals surface area contributed by atoms with Crippen LogP contribution in [0.4, 0.5) is 23.2 Å². The molecule has 0 bridgehead atoms. The molecular formula is C14H10ClF4N. The molecule has 0 saturated carbocycles. The summed E-state index contributed by atoms with van der Waals surface area (Å²) >= 11 is 5.88. The molecule has 0 saturated heterocycles. The van der Waals surface area contributed by atoms with Gasteiger partial charge in [-0.2, -0.15) is 0 Å². The third-order valence-corrected chi connectivity index (χ3v) is 3.16. The van der Waals surface area contributed by atoms with E-state index in [-0.39, 0.29) is 10.7 Å². The van der Waals surface area contributed by atoms with E-state index in [4.69, 9.17) is 11.6 Å². The van der Waals surface area contributed by atoms with Crippen LogP contribution in [0.5, 0.6) is 0 Å². The van der Waals surface area contributed by atoms with Crippen molar-refractivity contribution in [2.24, 2.45) is 0 Å². The molecule has 0 aromatic heterocycles. The minimum absolute atomic E-state index is 0.160. The van der Waals surface area contributed by atoms with Gasteiger partial charge in [-0.05, 0) is 36.8 Å². The van der Waals surface area contributed by atoms with E-state index in [1.807, 2.05) is 0 Å². The van der Waals surface area contributed by atoms with Crippen molar-refractivity contribution >= 4 is 17.3 Å². The van der Waals surface area contributed by atoms with Gasteiger partial charge in [0.1, 0.15) is 5.82 Å². The predicted octanol–water partition coefficient (Wildman–Crippen LogP) is 5.07. The normalized spacial score (nSPS) is 12.3. The lowest BCUT2D eigenvalue weighted by atomic mass is 10.1. The number of hydrogen-bond acceptors (Lipinski definition) is 1. The zero-order chi connectivity index (χ0) is 14.9. The summed E-state index contributed by atoms with van der Waals surface area (Å²) in [5.74, 6) is -4.62. The first kappa shape index (κ1) is 14.7. The highest BCUT2D eigenvalue weighted by Gasteiger charge is 2.16. The largest absolute Gasteiger partial charge is 0.376 e. The van der Waals surface area contributed by atoms with E-state index in [0.717, 1.165) is 18.2 Å². The Labute approximate surface area is 118 Å². The molecule has 20 heavy (non-hydrogen) atoms. The van der Waals surface area contributed by atoms with Gasteiger partial charge in [0.2, 0.25) is 0 Å². The highest BCUT2D eigenvalue weighted by atomic mass is 35.5. The summed E-state index contributed by atoms with van der Waals surface area (Å²) in [4.78, 5) is 0. The zero-order valence-electron chi connectivity index (χ0n) is 10.4. The molecule has 0 amide bonds. The van der Waals surface area contributed by atoms with E-state index in [2.05, 4.69) is 5.32 Å². The molecule has 0 aliphatic heterocycles. The molecule has 1 nitrogen and oxygen atoms in total. The Bertz CT molecular complexity index is 645. The monoisotopic (exact) mass is 303 g/mol. The van der Waals surface area contributed by atoms with Crippen LogP contribution in [-0.4, -0.2) is 0 Å². The maximum atomic E-state index is 13.5. The third kappa shape index (κ3) is 2.88. The molecule has 106 valence electrons. The lowest BCUT2D eigenvalue weighted by molar-refractivity contribution is 0.448. The standard InChI is InChI=1S/C14H10ClF4N/c1-7(9-3-2-8(16)6-10(9)15)20-12-5-4-11(17)13(18)14(12)19/h2-7,20H,1H3. The quantitative estimate of drug-likeness (QED) is 0.616. The van der Waals surface area contributed by atoms with E-state index >= 15 is 0 Å². The van der Waals surface area contributed by atoms with Gasteiger partial charge in [-0.25, -0.2) is 17.6 Å². The molecule has 2 aromatic rings. The summed E-state index contributed by atoms with van der Waals surface area (Å²) < 4.78 is 52.4. The lowest BCUT2D eigenvalue weighted by Gasteiger charge is -2.17. The molecule has 0 heterocycles. The molecule has 0 fully saturated rings. The van der Waals surface area contributed by atoms with E-state index in [1.54, 1.807) is 6.92 Å². The third-order valence-electron chi connectivity index (χ3n) is 2.84. The second-order valence-corrected chi connectivity index (χ2v) is 4.66. The highest BCUT2D eigenvalue weighted by molar-refractivity contribution is 6.31. The molecule has 0 radical (unpaired) electrons. The summed E-state index contributed by atoms with van der Waals surface area (Å²) in [6, 6.07) is 5.16. The van der Waals surface area contributed by atoms with E-state index < -0.39 is 29.3 Å². The minimum atomic E-state index is -1.55. The average Bonchev–Trinajstić information content (AvgIpc) is 2.39. The summed E-state index contributed by atoms with van der Waals surface area (Å²) in [5, 5.41) is 2.83. The number of anilines is 1.